The van der Waals surface area contributed by atoms with Crippen LogP contribution in [0.2, 0.25) is 10.4 Å². The van der Waals surface area contributed by atoms with Gasteiger partial charge in [0, 0.05) is 17.5 Å². The standard InChI is InChI=1S/C13H12Cl2N4O/c1-7(2)9-5-8(6-10(14)17-9)12(20)18-11-3-4-16-13(15)19-11/h3-7H,1-2H3,(H,16,18,19,20). The van der Waals surface area contributed by atoms with Crippen LogP contribution in [0.15, 0.2) is 24.4 Å². The molecule has 2 rings (SSSR count). The number of nitrogens with one attached hydrogen (secondary N) is 1. The molecule has 0 aromatic carbocycles. The summed E-state index contributed by atoms with van der Waals surface area (Å²) in [6, 6.07) is 4.76. The zero-order valence-electron chi connectivity index (χ0n) is 10.9. The van der Waals surface area contributed by atoms with Gasteiger partial charge in [0.15, 0.2) is 0 Å². The molecule has 0 bridgehead atoms. The lowest BCUT2D eigenvalue weighted by Crippen LogP contribution is -2.14. The lowest BCUT2D eigenvalue weighted by molar-refractivity contribution is 0.102. The predicted molar refractivity (Wildman–Crippen MR) is 78.3 cm³/mol. The van der Waals surface area contributed by atoms with Crippen LogP contribution in [0.4, 0.5) is 5.82 Å². The van der Waals surface area contributed by atoms with Crippen LogP contribution < -0.4 is 5.32 Å². The molecule has 0 saturated heterocycles. The molecule has 1 N–H and O–H groups in total. The van der Waals surface area contributed by atoms with Gasteiger partial charge in [-0.3, -0.25) is 4.79 Å². The Hall–Kier alpha value is -1.72. The van der Waals surface area contributed by atoms with Crippen molar-refractivity contribution in [2.45, 2.75) is 19.8 Å². The summed E-state index contributed by atoms with van der Waals surface area (Å²) in [7, 11) is 0. The third-order valence-electron chi connectivity index (χ3n) is 2.54. The Morgan fingerprint density at radius 2 is 2.00 bits per heavy atom. The summed E-state index contributed by atoms with van der Waals surface area (Å²) in [6.45, 7) is 3.95. The van der Waals surface area contributed by atoms with Crippen LogP contribution in [0.3, 0.4) is 0 Å². The number of carbonyl (C=O) groups excluding carboxylic acids is 1. The second-order valence-corrected chi connectivity index (χ2v) is 5.15. The van der Waals surface area contributed by atoms with Crippen molar-refractivity contribution in [2.24, 2.45) is 0 Å². The number of amides is 1. The highest BCUT2D eigenvalue weighted by Gasteiger charge is 2.12. The number of anilines is 1. The minimum absolute atomic E-state index is 0.0680. The topological polar surface area (TPSA) is 67.8 Å². The van der Waals surface area contributed by atoms with Crippen molar-refractivity contribution in [1.82, 2.24) is 15.0 Å². The highest BCUT2D eigenvalue weighted by molar-refractivity contribution is 6.30. The van der Waals surface area contributed by atoms with Gasteiger partial charge in [-0.25, -0.2) is 15.0 Å². The average Bonchev–Trinajstić information content (AvgIpc) is 2.37. The lowest BCUT2D eigenvalue weighted by Gasteiger charge is -2.09. The zero-order valence-corrected chi connectivity index (χ0v) is 12.4. The molecule has 0 fully saturated rings. The number of hydrogen-bond donors (Lipinski definition) is 1. The second-order valence-electron chi connectivity index (χ2n) is 4.42. The number of pyridine rings is 1. The van der Waals surface area contributed by atoms with E-state index in [4.69, 9.17) is 23.2 Å². The number of hydrogen-bond acceptors (Lipinski definition) is 4. The van der Waals surface area contributed by atoms with E-state index >= 15 is 0 Å². The van der Waals surface area contributed by atoms with Gasteiger partial charge >= 0.3 is 0 Å². The van der Waals surface area contributed by atoms with Crippen molar-refractivity contribution < 1.29 is 4.79 Å². The number of nitrogens with zero attached hydrogens (tertiary/aromatic N) is 3. The van der Waals surface area contributed by atoms with Crippen LogP contribution >= 0.6 is 23.2 Å². The molecule has 104 valence electrons. The fourth-order valence-electron chi connectivity index (χ4n) is 1.54. The third-order valence-corrected chi connectivity index (χ3v) is 2.91. The van der Waals surface area contributed by atoms with E-state index in [0.29, 0.717) is 11.4 Å². The average molecular weight is 311 g/mol. The van der Waals surface area contributed by atoms with Gasteiger partial charge in [-0.2, -0.15) is 0 Å². The summed E-state index contributed by atoms with van der Waals surface area (Å²) >= 11 is 11.6. The van der Waals surface area contributed by atoms with Crippen molar-refractivity contribution in [2.75, 3.05) is 5.32 Å². The molecule has 0 spiro atoms. The van der Waals surface area contributed by atoms with E-state index in [1.807, 2.05) is 13.8 Å². The summed E-state index contributed by atoms with van der Waals surface area (Å²) in [5.74, 6) is 0.175. The van der Waals surface area contributed by atoms with E-state index in [-0.39, 0.29) is 22.3 Å². The van der Waals surface area contributed by atoms with Crippen LogP contribution in [-0.4, -0.2) is 20.9 Å². The molecule has 0 radical (unpaired) electrons. The molecular weight excluding hydrogens is 299 g/mol. The molecule has 20 heavy (non-hydrogen) atoms. The lowest BCUT2D eigenvalue weighted by atomic mass is 10.1. The van der Waals surface area contributed by atoms with Gasteiger partial charge < -0.3 is 5.32 Å². The largest absolute Gasteiger partial charge is 0.306 e. The fraction of sp³-hybridized carbons (Fsp3) is 0.231. The SMILES string of the molecule is CC(C)c1cc(C(=O)Nc2ccnc(Cl)n2)cc(Cl)n1. The Labute approximate surface area is 126 Å². The van der Waals surface area contributed by atoms with E-state index < -0.39 is 0 Å². The van der Waals surface area contributed by atoms with Crippen molar-refractivity contribution in [3.8, 4) is 0 Å². The highest BCUT2D eigenvalue weighted by atomic mass is 35.5. The first-order chi connectivity index (χ1) is 9.45. The van der Waals surface area contributed by atoms with Crippen LogP contribution in [0.1, 0.15) is 35.8 Å². The maximum Gasteiger partial charge on any atom is 0.256 e. The Balaban J connectivity index is 2.25. The quantitative estimate of drug-likeness (QED) is 0.695. The van der Waals surface area contributed by atoms with Crippen molar-refractivity contribution in [3.63, 3.8) is 0 Å². The smallest absolute Gasteiger partial charge is 0.256 e. The van der Waals surface area contributed by atoms with Crippen LogP contribution in [0, 0.1) is 0 Å². The van der Waals surface area contributed by atoms with E-state index in [0.717, 1.165) is 5.69 Å². The van der Waals surface area contributed by atoms with Gasteiger partial charge in [-0.15, -0.1) is 0 Å². The van der Waals surface area contributed by atoms with Gasteiger partial charge in [0.25, 0.3) is 5.91 Å². The zero-order chi connectivity index (χ0) is 14.7. The molecular formula is C13H12Cl2N4O. The molecule has 7 heteroatoms. The van der Waals surface area contributed by atoms with E-state index in [9.17, 15) is 4.79 Å². The predicted octanol–water partition coefficient (Wildman–Crippen LogP) is 3.55. The monoisotopic (exact) mass is 310 g/mol. The molecule has 0 atom stereocenters. The Kier molecular flexibility index (Phi) is 4.52. The number of rotatable bonds is 3. The normalized spacial score (nSPS) is 10.7. The van der Waals surface area contributed by atoms with Crippen LogP contribution in [-0.2, 0) is 0 Å². The minimum Gasteiger partial charge on any atom is -0.306 e. The van der Waals surface area contributed by atoms with E-state index in [1.165, 1.54) is 12.3 Å². The Morgan fingerprint density at radius 3 is 2.65 bits per heavy atom. The van der Waals surface area contributed by atoms with Gasteiger partial charge in [0.1, 0.15) is 11.0 Å². The first kappa shape index (κ1) is 14.7. The van der Waals surface area contributed by atoms with E-state index in [2.05, 4.69) is 20.3 Å². The summed E-state index contributed by atoms with van der Waals surface area (Å²) < 4.78 is 0. The number of carbonyl (C=O) groups is 1. The number of halogens is 2. The molecule has 0 aliphatic carbocycles. The molecule has 0 unspecified atom stereocenters. The van der Waals surface area contributed by atoms with Gasteiger partial charge in [0.2, 0.25) is 5.28 Å². The van der Waals surface area contributed by atoms with Gasteiger partial charge in [-0.05, 0) is 35.7 Å². The van der Waals surface area contributed by atoms with Crippen LogP contribution in [0.5, 0.6) is 0 Å². The molecule has 2 heterocycles. The summed E-state index contributed by atoms with van der Waals surface area (Å²) in [4.78, 5) is 24.0. The molecule has 1 amide bonds. The molecule has 5 nitrogen and oxygen atoms in total. The van der Waals surface area contributed by atoms with Crippen LogP contribution in [0.25, 0.3) is 0 Å². The highest BCUT2D eigenvalue weighted by Crippen LogP contribution is 2.18. The summed E-state index contributed by atoms with van der Waals surface area (Å²) in [5, 5.41) is 2.98. The van der Waals surface area contributed by atoms with Gasteiger partial charge in [-0.1, -0.05) is 25.4 Å². The maximum absolute atomic E-state index is 12.2. The van der Waals surface area contributed by atoms with Gasteiger partial charge in [0.05, 0.1) is 0 Å². The molecule has 2 aromatic heterocycles. The number of aromatic nitrogens is 3. The first-order valence-corrected chi connectivity index (χ1v) is 6.68. The summed E-state index contributed by atoms with van der Waals surface area (Å²) in [5.41, 5.74) is 1.17. The molecule has 0 aliphatic rings. The molecule has 2 aromatic rings. The minimum atomic E-state index is -0.328. The Morgan fingerprint density at radius 1 is 1.25 bits per heavy atom. The van der Waals surface area contributed by atoms with Crippen molar-refractivity contribution in [3.05, 3.63) is 46.1 Å². The third kappa shape index (κ3) is 3.65. The molecule has 0 aliphatic heterocycles. The maximum atomic E-state index is 12.2. The Bertz CT molecular complexity index is 646. The first-order valence-electron chi connectivity index (χ1n) is 5.93. The van der Waals surface area contributed by atoms with E-state index in [1.54, 1.807) is 12.1 Å². The molecule has 0 saturated carbocycles. The summed E-state index contributed by atoms with van der Waals surface area (Å²) in [6.07, 6.45) is 1.46. The fourth-order valence-corrected chi connectivity index (χ4v) is 1.90. The second kappa shape index (κ2) is 6.15. The van der Waals surface area contributed by atoms with Crippen molar-refractivity contribution in [1.29, 1.82) is 0 Å². The van der Waals surface area contributed by atoms with Crippen molar-refractivity contribution >= 4 is 34.9 Å².